The first-order valence-electron chi connectivity index (χ1n) is 9.95. The second kappa shape index (κ2) is 7.82. The molecule has 0 fully saturated rings. The molecule has 1 N–H and O–H groups in total. The smallest absolute Gasteiger partial charge is 0.336 e. The molecule has 2 heterocycles. The van der Waals surface area contributed by atoms with Gasteiger partial charge in [-0.2, -0.15) is 0 Å². The highest BCUT2D eigenvalue weighted by Gasteiger charge is 2.40. The number of nitrogens with zero attached hydrogens (tertiary/aromatic N) is 1. The lowest BCUT2D eigenvalue weighted by Crippen LogP contribution is -2.32. The Bertz CT molecular complexity index is 878. The lowest BCUT2D eigenvalue weighted by atomic mass is 9.79. The van der Waals surface area contributed by atoms with Gasteiger partial charge in [-0.05, 0) is 46.6 Å². The zero-order valence-corrected chi connectivity index (χ0v) is 17.7. The van der Waals surface area contributed by atoms with Crippen LogP contribution in [0.25, 0.3) is 0 Å². The summed E-state index contributed by atoms with van der Waals surface area (Å²) in [7, 11) is 0. The van der Waals surface area contributed by atoms with Crippen molar-refractivity contribution >= 4 is 11.9 Å². The third kappa shape index (κ3) is 3.84. The number of hydrogen-bond acceptors (Lipinski definition) is 5. The molecule has 5 nitrogen and oxygen atoms in total. The molecule has 0 radical (unpaired) electrons. The molecule has 0 aromatic heterocycles. The predicted octanol–water partition coefficient (Wildman–Crippen LogP) is 4.39. The number of carbonyl (C=O) groups is 1. The van der Waals surface area contributed by atoms with Crippen molar-refractivity contribution in [3.63, 3.8) is 0 Å². The molecule has 0 aliphatic carbocycles. The van der Waals surface area contributed by atoms with Gasteiger partial charge in [0.2, 0.25) is 5.90 Å². The summed E-state index contributed by atoms with van der Waals surface area (Å²) in [5.41, 5.74) is 5.32. The van der Waals surface area contributed by atoms with Crippen molar-refractivity contribution in [2.24, 2.45) is 4.99 Å². The standard InChI is InChI=1S/C23H30N2O3/c1-7-17-20(21-25-23(5,6)13-28-21)19(16-11-9-10-14(3)12-16)18(15(4)24-17)22(26)27-8-2/h9-12,19,24H,7-8,13H2,1-6H3. The highest BCUT2D eigenvalue weighted by atomic mass is 16.5. The molecule has 1 unspecified atom stereocenters. The summed E-state index contributed by atoms with van der Waals surface area (Å²) < 4.78 is 11.4. The number of allylic oxidation sites excluding steroid dienone is 2. The van der Waals surface area contributed by atoms with Crippen LogP contribution in [0.15, 0.2) is 51.8 Å². The van der Waals surface area contributed by atoms with Crippen LogP contribution in [0.5, 0.6) is 0 Å². The molecular formula is C23H30N2O3. The third-order valence-electron chi connectivity index (χ3n) is 5.07. The van der Waals surface area contributed by atoms with E-state index in [1.54, 1.807) is 0 Å². The van der Waals surface area contributed by atoms with Crippen molar-refractivity contribution < 1.29 is 14.3 Å². The van der Waals surface area contributed by atoms with Crippen molar-refractivity contribution in [3.8, 4) is 0 Å². The van der Waals surface area contributed by atoms with E-state index in [4.69, 9.17) is 14.5 Å². The van der Waals surface area contributed by atoms with E-state index in [0.717, 1.165) is 34.5 Å². The molecule has 0 saturated heterocycles. The third-order valence-corrected chi connectivity index (χ3v) is 5.07. The number of rotatable bonds is 5. The number of ether oxygens (including phenoxy) is 2. The van der Waals surface area contributed by atoms with Gasteiger partial charge in [0.15, 0.2) is 0 Å². The average molecular weight is 383 g/mol. The Morgan fingerprint density at radius 1 is 1.32 bits per heavy atom. The fourth-order valence-electron chi connectivity index (χ4n) is 3.81. The highest BCUT2D eigenvalue weighted by Crippen LogP contribution is 2.41. The zero-order chi connectivity index (χ0) is 20.5. The molecule has 1 aromatic rings. The van der Waals surface area contributed by atoms with Crippen molar-refractivity contribution in [2.45, 2.75) is 59.4 Å². The molecule has 5 heteroatoms. The number of aliphatic imine (C=N–C) groups is 1. The van der Waals surface area contributed by atoms with Crippen molar-refractivity contribution in [2.75, 3.05) is 13.2 Å². The van der Waals surface area contributed by atoms with Gasteiger partial charge in [-0.1, -0.05) is 36.8 Å². The van der Waals surface area contributed by atoms with Gasteiger partial charge in [-0.25, -0.2) is 9.79 Å². The first kappa shape index (κ1) is 20.2. The van der Waals surface area contributed by atoms with Crippen LogP contribution in [0.4, 0.5) is 0 Å². The molecule has 1 aromatic carbocycles. The fourth-order valence-corrected chi connectivity index (χ4v) is 3.81. The van der Waals surface area contributed by atoms with E-state index in [2.05, 4.69) is 51.2 Å². The van der Waals surface area contributed by atoms with E-state index >= 15 is 0 Å². The Balaban J connectivity index is 2.22. The molecular weight excluding hydrogens is 352 g/mol. The Morgan fingerprint density at radius 3 is 2.64 bits per heavy atom. The normalized spacial score (nSPS) is 21.2. The number of nitrogens with one attached hydrogen (secondary N) is 1. The molecule has 0 amide bonds. The van der Waals surface area contributed by atoms with E-state index < -0.39 is 0 Å². The number of aryl methyl sites for hydroxylation is 1. The SMILES string of the molecule is CCOC(=O)C1=C(C)NC(CC)=C(C2=NC(C)(C)CO2)C1c1cccc(C)c1. The maximum atomic E-state index is 12.9. The highest BCUT2D eigenvalue weighted by molar-refractivity contribution is 6.03. The molecule has 0 saturated carbocycles. The monoisotopic (exact) mass is 382 g/mol. The Kier molecular flexibility index (Phi) is 5.64. The first-order valence-corrected chi connectivity index (χ1v) is 9.95. The molecule has 150 valence electrons. The summed E-state index contributed by atoms with van der Waals surface area (Å²) in [4.78, 5) is 17.8. The van der Waals surface area contributed by atoms with Crippen LogP contribution in [-0.2, 0) is 14.3 Å². The van der Waals surface area contributed by atoms with Crippen LogP contribution in [0.2, 0.25) is 0 Å². The summed E-state index contributed by atoms with van der Waals surface area (Å²) in [5.74, 6) is 0.0440. The molecule has 0 bridgehead atoms. The summed E-state index contributed by atoms with van der Waals surface area (Å²) in [6.45, 7) is 12.9. The Morgan fingerprint density at radius 2 is 2.07 bits per heavy atom. The largest absolute Gasteiger partial charge is 0.475 e. The zero-order valence-electron chi connectivity index (χ0n) is 17.7. The van der Waals surface area contributed by atoms with E-state index in [1.807, 2.05) is 19.9 Å². The van der Waals surface area contributed by atoms with Gasteiger partial charge in [0.05, 0.1) is 17.7 Å². The van der Waals surface area contributed by atoms with Crippen LogP contribution < -0.4 is 5.32 Å². The first-order chi connectivity index (χ1) is 13.3. The van der Waals surface area contributed by atoms with Crippen LogP contribution >= 0.6 is 0 Å². The van der Waals surface area contributed by atoms with Gasteiger partial charge in [0, 0.05) is 22.9 Å². The van der Waals surface area contributed by atoms with Crippen molar-refractivity contribution in [1.82, 2.24) is 5.32 Å². The minimum absolute atomic E-state index is 0.275. The van der Waals surface area contributed by atoms with Crippen LogP contribution in [0.1, 0.15) is 58.1 Å². The van der Waals surface area contributed by atoms with Gasteiger partial charge in [-0.15, -0.1) is 0 Å². The predicted molar refractivity (Wildman–Crippen MR) is 111 cm³/mol. The van der Waals surface area contributed by atoms with Gasteiger partial charge < -0.3 is 14.8 Å². The molecule has 28 heavy (non-hydrogen) atoms. The van der Waals surface area contributed by atoms with Gasteiger partial charge in [-0.3, -0.25) is 0 Å². The minimum Gasteiger partial charge on any atom is -0.475 e. The number of esters is 1. The van der Waals surface area contributed by atoms with Gasteiger partial charge in [0.25, 0.3) is 0 Å². The maximum Gasteiger partial charge on any atom is 0.336 e. The van der Waals surface area contributed by atoms with E-state index in [9.17, 15) is 4.79 Å². The second-order valence-electron chi connectivity index (χ2n) is 8.00. The Labute approximate surface area is 167 Å². The van der Waals surface area contributed by atoms with Gasteiger partial charge in [0.1, 0.15) is 6.61 Å². The molecule has 1 atom stereocenters. The lowest BCUT2D eigenvalue weighted by Gasteiger charge is -2.32. The van der Waals surface area contributed by atoms with Crippen LogP contribution in [0.3, 0.4) is 0 Å². The second-order valence-corrected chi connectivity index (χ2v) is 8.00. The molecule has 0 spiro atoms. The minimum atomic E-state index is -0.301. The summed E-state index contributed by atoms with van der Waals surface area (Å²) in [5, 5.41) is 3.42. The number of hydrogen-bond donors (Lipinski definition) is 1. The number of carbonyl (C=O) groups excluding carboxylic acids is 1. The number of dihydropyridines is 1. The summed E-state index contributed by atoms with van der Waals surface area (Å²) in [6, 6.07) is 8.26. The fraction of sp³-hybridized carbons (Fsp3) is 0.478. The lowest BCUT2D eigenvalue weighted by molar-refractivity contribution is -0.138. The number of benzene rings is 1. The van der Waals surface area contributed by atoms with Crippen LogP contribution in [0, 0.1) is 6.92 Å². The van der Waals surface area contributed by atoms with Gasteiger partial charge >= 0.3 is 5.97 Å². The molecule has 3 rings (SSSR count). The van der Waals surface area contributed by atoms with Crippen LogP contribution in [-0.4, -0.2) is 30.6 Å². The quantitative estimate of drug-likeness (QED) is 0.767. The molecule has 2 aliphatic rings. The molecule has 2 aliphatic heterocycles. The van der Waals surface area contributed by atoms with E-state index in [-0.39, 0.29) is 17.4 Å². The topological polar surface area (TPSA) is 59.9 Å². The summed E-state index contributed by atoms with van der Waals surface area (Å²) in [6.07, 6.45) is 0.786. The van der Waals surface area contributed by atoms with Crippen molar-refractivity contribution in [3.05, 3.63) is 57.9 Å². The van der Waals surface area contributed by atoms with E-state index in [0.29, 0.717) is 24.7 Å². The average Bonchev–Trinajstić information content (AvgIpc) is 3.00. The summed E-state index contributed by atoms with van der Waals surface area (Å²) >= 11 is 0. The van der Waals surface area contributed by atoms with E-state index in [1.165, 1.54) is 0 Å². The Hall–Kier alpha value is -2.56. The maximum absolute atomic E-state index is 12.9. The van der Waals surface area contributed by atoms with Crippen molar-refractivity contribution in [1.29, 1.82) is 0 Å².